The molecule has 0 spiro atoms. The third-order valence-electron chi connectivity index (χ3n) is 2.67. The standard InChI is InChI=1S/C13H9FN5/c14-12-7-10(6-11-2-1-5-15-8-11)3-4-13(12)19-17-9-16-18-19/h1-5,7-8H,6H2. The van der Waals surface area contributed by atoms with Gasteiger partial charge in [0.05, 0.1) is 0 Å². The molecule has 0 saturated heterocycles. The summed E-state index contributed by atoms with van der Waals surface area (Å²) in [4.78, 5) is 5.13. The van der Waals surface area contributed by atoms with E-state index in [1.165, 1.54) is 6.07 Å². The Bertz CT molecular complexity index is 667. The Kier molecular flexibility index (Phi) is 2.97. The molecule has 3 aromatic rings. The van der Waals surface area contributed by atoms with Crippen LogP contribution in [0, 0.1) is 12.1 Å². The Labute approximate surface area is 108 Å². The van der Waals surface area contributed by atoms with Gasteiger partial charge in [-0.3, -0.25) is 4.98 Å². The zero-order chi connectivity index (χ0) is 13.1. The number of aromatic nitrogens is 5. The van der Waals surface area contributed by atoms with Crippen molar-refractivity contribution >= 4 is 0 Å². The molecule has 0 bridgehead atoms. The highest BCUT2D eigenvalue weighted by Gasteiger charge is 2.08. The van der Waals surface area contributed by atoms with Crippen molar-refractivity contribution in [2.75, 3.05) is 0 Å². The summed E-state index contributed by atoms with van der Waals surface area (Å²) in [6, 6.07) is 8.72. The summed E-state index contributed by atoms with van der Waals surface area (Å²) in [6.45, 7) is 0. The number of nitrogens with zero attached hydrogens (tertiary/aromatic N) is 5. The van der Waals surface area contributed by atoms with E-state index in [1.54, 1.807) is 18.5 Å². The molecule has 0 atom stereocenters. The van der Waals surface area contributed by atoms with E-state index in [0.29, 0.717) is 6.42 Å². The van der Waals surface area contributed by atoms with E-state index in [2.05, 4.69) is 26.7 Å². The lowest BCUT2D eigenvalue weighted by Gasteiger charge is -2.05. The van der Waals surface area contributed by atoms with Crippen molar-refractivity contribution in [2.24, 2.45) is 0 Å². The molecule has 1 aromatic carbocycles. The van der Waals surface area contributed by atoms with Gasteiger partial charge in [-0.15, -0.1) is 15.0 Å². The number of rotatable bonds is 3. The molecule has 0 unspecified atom stereocenters. The van der Waals surface area contributed by atoms with Crippen LogP contribution in [0.1, 0.15) is 11.1 Å². The van der Waals surface area contributed by atoms with E-state index in [9.17, 15) is 4.39 Å². The highest BCUT2D eigenvalue weighted by molar-refractivity contribution is 5.36. The summed E-state index contributed by atoms with van der Waals surface area (Å²) in [7, 11) is 0. The molecule has 93 valence electrons. The molecule has 0 aliphatic carbocycles. The lowest BCUT2D eigenvalue weighted by atomic mass is 10.1. The third-order valence-corrected chi connectivity index (χ3v) is 2.67. The first-order chi connectivity index (χ1) is 9.33. The molecule has 0 aliphatic heterocycles. The van der Waals surface area contributed by atoms with Crippen LogP contribution in [0.25, 0.3) is 5.69 Å². The lowest BCUT2D eigenvalue weighted by molar-refractivity contribution is 0.590. The van der Waals surface area contributed by atoms with Gasteiger partial charge in [0.25, 0.3) is 0 Å². The molecule has 2 aromatic heterocycles. The minimum absolute atomic E-state index is 0.253. The summed E-state index contributed by atoms with van der Waals surface area (Å²) in [5.41, 5.74) is 2.14. The van der Waals surface area contributed by atoms with E-state index < -0.39 is 5.82 Å². The predicted octanol–water partition coefficient (Wildman–Crippen LogP) is 1.59. The molecular weight excluding hydrogens is 245 g/mol. The van der Waals surface area contributed by atoms with Gasteiger partial charge in [0, 0.05) is 12.4 Å². The number of tetrazole rings is 1. The minimum Gasteiger partial charge on any atom is -0.264 e. The van der Waals surface area contributed by atoms with Crippen LogP contribution in [0.5, 0.6) is 0 Å². The Balaban J connectivity index is 1.88. The summed E-state index contributed by atoms with van der Waals surface area (Å²) in [6.07, 6.45) is 6.39. The molecule has 5 nitrogen and oxygen atoms in total. The van der Waals surface area contributed by atoms with Crippen molar-refractivity contribution in [1.29, 1.82) is 0 Å². The third kappa shape index (κ3) is 2.47. The van der Waals surface area contributed by atoms with Gasteiger partial charge < -0.3 is 0 Å². The van der Waals surface area contributed by atoms with E-state index in [-0.39, 0.29) is 5.69 Å². The molecule has 19 heavy (non-hydrogen) atoms. The van der Waals surface area contributed by atoms with E-state index in [0.717, 1.165) is 15.9 Å². The van der Waals surface area contributed by atoms with Crippen molar-refractivity contribution in [1.82, 2.24) is 25.2 Å². The first kappa shape index (κ1) is 11.5. The molecule has 3 rings (SSSR count). The van der Waals surface area contributed by atoms with Gasteiger partial charge in [-0.1, -0.05) is 12.1 Å². The van der Waals surface area contributed by atoms with Crippen LogP contribution < -0.4 is 0 Å². The minimum atomic E-state index is -0.396. The van der Waals surface area contributed by atoms with Crippen molar-refractivity contribution in [3.05, 3.63) is 66.0 Å². The van der Waals surface area contributed by atoms with Crippen molar-refractivity contribution in [2.45, 2.75) is 6.42 Å². The van der Waals surface area contributed by atoms with Gasteiger partial charge in [-0.25, -0.2) is 4.39 Å². The Morgan fingerprint density at radius 2 is 2.16 bits per heavy atom. The number of hydrogen-bond donors (Lipinski definition) is 0. The predicted molar refractivity (Wildman–Crippen MR) is 65.0 cm³/mol. The van der Waals surface area contributed by atoms with Crippen LogP contribution in [0.4, 0.5) is 4.39 Å². The molecule has 2 heterocycles. The lowest BCUT2D eigenvalue weighted by Crippen LogP contribution is -2.03. The largest absolute Gasteiger partial charge is 0.264 e. The maximum atomic E-state index is 14.0. The van der Waals surface area contributed by atoms with E-state index in [1.807, 2.05) is 18.2 Å². The van der Waals surface area contributed by atoms with Crippen LogP contribution in [-0.2, 0) is 6.42 Å². The Hall–Kier alpha value is -2.63. The van der Waals surface area contributed by atoms with Crippen LogP contribution >= 0.6 is 0 Å². The molecule has 6 heteroatoms. The monoisotopic (exact) mass is 254 g/mol. The van der Waals surface area contributed by atoms with Crippen LogP contribution in [0.2, 0.25) is 0 Å². The SMILES string of the molecule is Fc1cc(Cc2cccnc2)ccc1-n1n[c]nn1. The second-order valence-corrected chi connectivity index (χ2v) is 4.00. The first-order valence-corrected chi connectivity index (χ1v) is 5.67. The maximum absolute atomic E-state index is 14.0. The maximum Gasteiger partial charge on any atom is 0.246 e. The van der Waals surface area contributed by atoms with Gasteiger partial charge in [-0.2, -0.15) is 0 Å². The smallest absolute Gasteiger partial charge is 0.246 e. The molecule has 0 aliphatic rings. The molecule has 1 radical (unpaired) electrons. The average Bonchev–Trinajstić information content (AvgIpc) is 2.94. The van der Waals surface area contributed by atoms with Crippen LogP contribution in [0.3, 0.4) is 0 Å². The number of pyridine rings is 1. The Morgan fingerprint density at radius 1 is 1.21 bits per heavy atom. The van der Waals surface area contributed by atoms with Gasteiger partial charge >= 0.3 is 0 Å². The zero-order valence-electron chi connectivity index (χ0n) is 9.86. The summed E-state index contributed by atoms with van der Waals surface area (Å²) < 4.78 is 14.0. The normalized spacial score (nSPS) is 10.6. The van der Waals surface area contributed by atoms with Gasteiger partial charge in [-0.05, 0) is 41.0 Å². The Morgan fingerprint density at radius 3 is 2.84 bits per heavy atom. The second-order valence-electron chi connectivity index (χ2n) is 4.00. The van der Waals surface area contributed by atoms with Gasteiger partial charge in [0.2, 0.25) is 6.33 Å². The fraction of sp³-hybridized carbons (Fsp3) is 0.0769. The topological polar surface area (TPSA) is 56.5 Å². The van der Waals surface area contributed by atoms with Crippen molar-refractivity contribution in [3.63, 3.8) is 0 Å². The van der Waals surface area contributed by atoms with Gasteiger partial charge in [0.1, 0.15) is 5.69 Å². The molecule has 0 saturated carbocycles. The average molecular weight is 254 g/mol. The highest BCUT2D eigenvalue weighted by atomic mass is 19.1. The fourth-order valence-corrected chi connectivity index (χ4v) is 1.81. The second kappa shape index (κ2) is 4.93. The number of hydrogen-bond acceptors (Lipinski definition) is 4. The number of halogens is 1. The zero-order valence-corrected chi connectivity index (χ0v) is 9.86. The van der Waals surface area contributed by atoms with Gasteiger partial charge in [0.15, 0.2) is 5.82 Å². The van der Waals surface area contributed by atoms with Crippen molar-refractivity contribution in [3.8, 4) is 5.69 Å². The molecule has 0 amide bonds. The molecule has 0 N–H and O–H groups in total. The number of benzene rings is 1. The van der Waals surface area contributed by atoms with Crippen molar-refractivity contribution < 1.29 is 4.39 Å². The summed E-state index contributed by atoms with van der Waals surface area (Å²) in [5, 5.41) is 10.7. The van der Waals surface area contributed by atoms with Crippen LogP contribution in [-0.4, -0.2) is 25.2 Å². The molecular formula is C13H9FN5. The quantitative estimate of drug-likeness (QED) is 0.712. The fourth-order valence-electron chi connectivity index (χ4n) is 1.81. The van der Waals surface area contributed by atoms with Crippen LogP contribution in [0.15, 0.2) is 42.7 Å². The van der Waals surface area contributed by atoms with E-state index in [4.69, 9.17) is 0 Å². The van der Waals surface area contributed by atoms with E-state index >= 15 is 0 Å². The summed E-state index contributed by atoms with van der Waals surface area (Å²) in [5.74, 6) is -0.396. The highest BCUT2D eigenvalue weighted by Crippen LogP contribution is 2.15. The summed E-state index contributed by atoms with van der Waals surface area (Å²) >= 11 is 0. The first-order valence-electron chi connectivity index (χ1n) is 5.67. The molecule has 0 fully saturated rings.